The number of sulfonamides is 1. The summed E-state index contributed by atoms with van der Waals surface area (Å²) in [6.07, 6.45) is 0.188. The summed E-state index contributed by atoms with van der Waals surface area (Å²) in [5.41, 5.74) is 0.402. The van der Waals surface area contributed by atoms with Gasteiger partial charge in [-0.1, -0.05) is 0 Å². The van der Waals surface area contributed by atoms with Crippen LogP contribution in [0.2, 0.25) is 0 Å². The van der Waals surface area contributed by atoms with Gasteiger partial charge in [-0.25, -0.2) is 12.8 Å². The van der Waals surface area contributed by atoms with Gasteiger partial charge in [0.1, 0.15) is 5.82 Å². The lowest BCUT2D eigenvalue weighted by molar-refractivity contribution is 0.295. The Labute approximate surface area is 94.4 Å². The molecule has 16 heavy (non-hydrogen) atoms. The summed E-state index contributed by atoms with van der Waals surface area (Å²) >= 11 is 0. The van der Waals surface area contributed by atoms with Crippen LogP contribution in [-0.2, 0) is 10.0 Å². The Bertz CT molecular complexity index is 430. The molecule has 6 heteroatoms. The first-order chi connectivity index (χ1) is 7.47. The van der Waals surface area contributed by atoms with Crippen molar-refractivity contribution < 1.29 is 17.9 Å². The number of aliphatic hydroxyl groups is 1. The van der Waals surface area contributed by atoms with Gasteiger partial charge < -0.3 is 5.11 Å². The summed E-state index contributed by atoms with van der Waals surface area (Å²) in [6, 6.07) is 5.19. The third-order valence-corrected chi connectivity index (χ3v) is 4.02. The molecule has 1 rings (SSSR count). The van der Waals surface area contributed by atoms with E-state index in [1.165, 1.54) is 31.3 Å². The predicted octanol–water partition coefficient (Wildman–Crippen LogP) is 0.974. The second-order valence-electron chi connectivity index (χ2n) is 3.34. The van der Waals surface area contributed by atoms with E-state index in [9.17, 15) is 12.8 Å². The van der Waals surface area contributed by atoms with Crippen molar-refractivity contribution in [2.24, 2.45) is 0 Å². The molecule has 0 aliphatic rings. The maximum Gasteiger partial charge on any atom is 0.234 e. The normalized spacial score (nSPS) is 11.4. The Morgan fingerprint density at radius 2 is 1.88 bits per heavy atom. The van der Waals surface area contributed by atoms with E-state index in [1.807, 2.05) is 0 Å². The van der Waals surface area contributed by atoms with E-state index in [0.717, 1.165) is 4.31 Å². The summed E-state index contributed by atoms with van der Waals surface area (Å²) in [5.74, 6) is -0.540. The smallest absolute Gasteiger partial charge is 0.234 e. The third-order valence-electron chi connectivity index (χ3n) is 2.17. The molecule has 0 heterocycles. The number of hydrogen-bond donors (Lipinski definition) is 1. The molecule has 1 aromatic carbocycles. The number of benzene rings is 1. The summed E-state index contributed by atoms with van der Waals surface area (Å²) in [5, 5.41) is 8.59. The lowest BCUT2D eigenvalue weighted by Gasteiger charge is -2.19. The van der Waals surface area contributed by atoms with Crippen molar-refractivity contribution in [1.82, 2.24) is 0 Å². The molecule has 0 saturated carbocycles. The third kappa shape index (κ3) is 3.18. The van der Waals surface area contributed by atoms with Gasteiger partial charge in [0.25, 0.3) is 0 Å². The lowest BCUT2D eigenvalue weighted by Crippen LogP contribution is -2.29. The van der Waals surface area contributed by atoms with Crippen LogP contribution >= 0.6 is 0 Å². The van der Waals surface area contributed by atoms with Gasteiger partial charge in [0, 0.05) is 13.7 Å². The molecule has 0 saturated heterocycles. The molecule has 0 unspecified atom stereocenters. The van der Waals surface area contributed by atoms with E-state index >= 15 is 0 Å². The SMILES string of the molecule is CN(c1ccc(F)cc1)S(=O)(=O)CCCO. The fraction of sp³-hybridized carbons (Fsp3) is 0.400. The van der Waals surface area contributed by atoms with Crippen molar-refractivity contribution in [2.45, 2.75) is 6.42 Å². The number of aliphatic hydroxyl groups excluding tert-OH is 1. The van der Waals surface area contributed by atoms with Crippen LogP contribution in [0.15, 0.2) is 24.3 Å². The molecule has 0 fully saturated rings. The zero-order valence-corrected chi connectivity index (χ0v) is 9.74. The fourth-order valence-electron chi connectivity index (χ4n) is 1.20. The van der Waals surface area contributed by atoms with E-state index in [1.54, 1.807) is 0 Å². The predicted molar refractivity (Wildman–Crippen MR) is 60.3 cm³/mol. The van der Waals surface area contributed by atoms with Crippen molar-refractivity contribution in [3.63, 3.8) is 0 Å². The molecule has 0 aliphatic carbocycles. The summed E-state index contributed by atoms with van der Waals surface area (Å²) in [4.78, 5) is 0. The highest BCUT2D eigenvalue weighted by molar-refractivity contribution is 7.92. The van der Waals surface area contributed by atoms with Gasteiger partial charge in [-0.15, -0.1) is 0 Å². The minimum absolute atomic E-state index is 0.128. The maximum atomic E-state index is 12.6. The maximum absolute atomic E-state index is 12.6. The number of halogens is 1. The summed E-state index contributed by atoms with van der Waals surface area (Å²) in [7, 11) is -2.03. The molecule has 0 bridgehead atoms. The molecule has 0 radical (unpaired) electrons. The molecule has 0 aliphatic heterocycles. The first-order valence-corrected chi connectivity index (χ1v) is 6.41. The Kier molecular flexibility index (Phi) is 4.26. The Morgan fingerprint density at radius 3 is 2.38 bits per heavy atom. The Hall–Kier alpha value is -1.14. The molecule has 4 nitrogen and oxygen atoms in total. The van der Waals surface area contributed by atoms with E-state index in [0.29, 0.717) is 5.69 Å². The minimum Gasteiger partial charge on any atom is -0.396 e. The van der Waals surface area contributed by atoms with E-state index < -0.39 is 15.8 Å². The van der Waals surface area contributed by atoms with Crippen LogP contribution in [0.1, 0.15) is 6.42 Å². The Balaban J connectivity index is 2.84. The Morgan fingerprint density at radius 1 is 1.31 bits per heavy atom. The van der Waals surface area contributed by atoms with Crippen molar-refractivity contribution in [2.75, 3.05) is 23.7 Å². The topological polar surface area (TPSA) is 57.6 Å². The average molecular weight is 247 g/mol. The summed E-state index contributed by atoms with van der Waals surface area (Å²) < 4.78 is 37.1. The standard InChI is InChI=1S/C10H14FNO3S/c1-12(16(14,15)8-2-7-13)10-5-3-9(11)4-6-10/h3-6,13H,2,7-8H2,1H3. The number of anilines is 1. The highest BCUT2D eigenvalue weighted by Crippen LogP contribution is 2.17. The molecule has 1 aromatic rings. The first-order valence-electron chi connectivity index (χ1n) is 4.80. The average Bonchev–Trinajstić information content (AvgIpc) is 2.26. The van der Waals surface area contributed by atoms with E-state index in [2.05, 4.69) is 0 Å². The highest BCUT2D eigenvalue weighted by Gasteiger charge is 2.17. The first kappa shape index (κ1) is 12.9. The molecule has 0 spiro atoms. The van der Waals surface area contributed by atoms with Crippen molar-refractivity contribution in [1.29, 1.82) is 0 Å². The number of hydrogen-bond acceptors (Lipinski definition) is 3. The van der Waals surface area contributed by atoms with Gasteiger partial charge in [0.05, 0.1) is 11.4 Å². The minimum atomic E-state index is -3.44. The van der Waals surface area contributed by atoms with Crippen LogP contribution in [0.3, 0.4) is 0 Å². The molecule has 0 amide bonds. The van der Waals surface area contributed by atoms with Crippen LogP contribution in [0.4, 0.5) is 10.1 Å². The van der Waals surface area contributed by atoms with E-state index in [4.69, 9.17) is 5.11 Å². The van der Waals surface area contributed by atoms with Gasteiger partial charge in [0.2, 0.25) is 10.0 Å². The van der Waals surface area contributed by atoms with Crippen LogP contribution in [0, 0.1) is 5.82 Å². The lowest BCUT2D eigenvalue weighted by atomic mass is 10.3. The van der Waals surface area contributed by atoms with Crippen molar-refractivity contribution >= 4 is 15.7 Å². The molecule has 0 atom stereocenters. The summed E-state index contributed by atoms with van der Waals surface area (Å²) in [6.45, 7) is -0.170. The van der Waals surface area contributed by atoms with Gasteiger partial charge in [-0.3, -0.25) is 4.31 Å². The van der Waals surface area contributed by atoms with Gasteiger partial charge in [0.15, 0.2) is 0 Å². The molecular formula is C10H14FNO3S. The second kappa shape index (κ2) is 5.27. The number of rotatable bonds is 5. The fourth-order valence-corrected chi connectivity index (χ4v) is 2.41. The molecule has 90 valence electrons. The largest absolute Gasteiger partial charge is 0.396 e. The van der Waals surface area contributed by atoms with Crippen molar-refractivity contribution in [3.05, 3.63) is 30.1 Å². The highest BCUT2D eigenvalue weighted by atomic mass is 32.2. The quantitative estimate of drug-likeness (QED) is 0.843. The second-order valence-corrected chi connectivity index (χ2v) is 5.46. The van der Waals surface area contributed by atoms with Crippen LogP contribution in [0.25, 0.3) is 0 Å². The van der Waals surface area contributed by atoms with Crippen molar-refractivity contribution in [3.8, 4) is 0 Å². The van der Waals surface area contributed by atoms with Gasteiger partial charge in [-0.2, -0.15) is 0 Å². The molecule has 0 aromatic heterocycles. The zero-order valence-electron chi connectivity index (χ0n) is 8.93. The van der Waals surface area contributed by atoms with Gasteiger partial charge in [-0.05, 0) is 30.7 Å². The van der Waals surface area contributed by atoms with E-state index in [-0.39, 0.29) is 18.8 Å². The molecular weight excluding hydrogens is 233 g/mol. The van der Waals surface area contributed by atoms with Crippen LogP contribution in [0.5, 0.6) is 0 Å². The van der Waals surface area contributed by atoms with Gasteiger partial charge >= 0.3 is 0 Å². The van der Waals surface area contributed by atoms with Crippen LogP contribution < -0.4 is 4.31 Å². The monoisotopic (exact) mass is 247 g/mol. The zero-order chi connectivity index (χ0) is 12.2. The number of nitrogens with zero attached hydrogens (tertiary/aromatic N) is 1. The van der Waals surface area contributed by atoms with Crippen LogP contribution in [-0.4, -0.2) is 32.9 Å². The molecule has 1 N–H and O–H groups in total.